The van der Waals surface area contributed by atoms with Gasteiger partial charge in [-0.25, -0.2) is 0 Å². The Bertz CT molecular complexity index is 676. The molecule has 1 aromatic heterocycles. The number of nitrogens with zero attached hydrogens (tertiary/aromatic N) is 3. The smallest absolute Gasteiger partial charge is 0.433 e. The standard InChI is InChI=1S/C16H22F3N3O3/c1-9-8-21(6-5-10(9)14(24)25)13(23)11-7-20-22(15(2,3)4)12(11)16(17,18)19/h7,9-10H,5-6,8H2,1-4H3,(H,24,25). The Balaban J connectivity index is 2.35. The van der Waals surface area contributed by atoms with Gasteiger partial charge in [0, 0.05) is 13.1 Å². The van der Waals surface area contributed by atoms with Crippen LogP contribution in [0.25, 0.3) is 0 Å². The lowest BCUT2D eigenvalue weighted by Gasteiger charge is -2.35. The van der Waals surface area contributed by atoms with Gasteiger partial charge in [0.15, 0.2) is 5.69 Å². The van der Waals surface area contributed by atoms with Crippen LogP contribution in [0.1, 0.15) is 50.2 Å². The van der Waals surface area contributed by atoms with Crippen LogP contribution in [0, 0.1) is 11.8 Å². The Labute approximate surface area is 143 Å². The quantitative estimate of drug-likeness (QED) is 0.879. The fourth-order valence-corrected chi connectivity index (χ4v) is 3.15. The number of alkyl halides is 3. The van der Waals surface area contributed by atoms with Gasteiger partial charge in [0.25, 0.3) is 5.91 Å². The van der Waals surface area contributed by atoms with E-state index in [1.165, 1.54) is 4.90 Å². The number of hydrogen-bond acceptors (Lipinski definition) is 3. The summed E-state index contributed by atoms with van der Waals surface area (Å²) in [5, 5.41) is 12.9. The van der Waals surface area contributed by atoms with Crippen LogP contribution < -0.4 is 0 Å². The van der Waals surface area contributed by atoms with Gasteiger partial charge >= 0.3 is 12.1 Å². The molecule has 0 radical (unpaired) electrons. The van der Waals surface area contributed by atoms with Crippen LogP contribution >= 0.6 is 0 Å². The van der Waals surface area contributed by atoms with Crippen molar-refractivity contribution in [3.05, 3.63) is 17.5 Å². The molecule has 2 atom stereocenters. The van der Waals surface area contributed by atoms with E-state index in [2.05, 4.69) is 5.10 Å². The van der Waals surface area contributed by atoms with E-state index in [9.17, 15) is 22.8 Å². The predicted octanol–water partition coefficient (Wildman–Crippen LogP) is 2.84. The van der Waals surface area contributed by atoms with Gasteiger partial charge in [-0.2, -0.15) is 18.3 Å². The zero-order valence-electron chi connectivity index (χ0n) is 14.6. The number of halogens is 3. The maximum atomic E-state index is 13.5. The van der Waals surface area contributed by atoms with Crippen LogP contribution in [-0.2, 0) is 16.5 Å². The molecule has 2 rings (SSSR count). The first-order valence-corrected chi connectivity index (χ1v) is 8.01. The lowest BCUT2D eigenvalue weighted by atomic mass is 9.87. The number of carboxylic acid groups (broad SMARTS) is 1. The summed E-state index contributed by atoms with van der Waals surface area (Å²) in [6.45, 7) is 6.62. The molecule has 0 saturated carbocycles. The lowest BCUT2D eigenvalue weighted by Crippen LogP contribution is -2.45. The molecule has 1 aliphatic rings. The monoisotopic (exact) mass is 361 g/mol. The van der Waals surface area contributed by atoms with Crippen molar-refractivity contribution >= 4 is 11.9 Å². The van der Waals surface area contributed by atoms with Gasteiger partial charge in [-0.05, 0) is 33.1 Å². The Morgan fingerprint density at radius 1 is 1.28 bits per heavy atom. The van der Waals surface area contributed by atoms with Gasteiger partial charge in [0.2, 0.25) is 0 Å². The summed E-state index contributed by atoms with van der Waals surface area (Å²) in [6.07, 6.45) is -3.55. The van der Waals surface area contributed by atoms with Gasteiger partial charge < -0.3 is 10.0 Å². The summed E-state index contributed by atoms with van der Waals surface area (Å²) in [4.78, 5) is 25.1. The highest BCUT2D eigenvalue weighted by Gasteiger charge is 2.44. The largest absolute Gasteiger partial charge is 0.481 e. The van der Waals surface area contributed by atoms with Crippen LogP contribution in [0.4, 0.5) is 13.2 Å². The number of amides is 1. The molecule has 2 unspecified atom stereocenters. The van der Waals surface area contributed by atoms with Gasteiger partial charge in [0.1, 0.15) is 0 Å². The number of hydrogen-bond donors (Lipinski definition) is 1. The summed E-state index contributed by atoms with van der Waals surface area (Å²) in [5.74, 6) is -2.64. The molecule has 1 aliphatic heterocycles. The Kier molecular flexibility index (Phi) is 4.89. The van der Waals surface area contributed by atoms with Crippen LogP contribution in [0.2, 0.25) is 0 Å². The number of aliphatic carboxylic acids is 1. The summed E-state index contributed by atoms with van der Waals surface area (Å²) in [7, 11) is 0. The second kappa shape index (κ2) is 6.34. The van der Waals surface area contributed by atoms with Crippen molar-refractivity contribution in [1.29, 1.82) is 0 Å². The van der Waals surface area contributed by atoms with Crippen molar-refractivity contribution in [2.24, 2.45) is 11.8 Å². The summed E-state index contributed by atoms with van der Waals surface area (Å²) < 4.78 is 41.4. The minimum atomic E-state index is -4.72. The SMILES string of the molecule is CC1CN(C(=O)c2cnn(C(C)(C)C)c2C(F)(F)F)CCC1C(=O)O. The zero-order valence-corrected chi connectivity index (χ0v) is 14.6. The molecule has 25 heavy (non-hydrogen) atoms. The molecule has 0 bridgehead atoms. The molecule has 0 aromatic carbocycles. The average molecular weight is 361 g/mol. The molecule has 140 valence electrons. The van der Waals surface area contributed by atoms with E-state index >= 15 is 0 Å². The number of aromatic nitrogens is 2. The first-order chi connectivity index (χ1) is 11.3. The van der Waals surface area contributed by atoms with Crippen LogP contribution in [-0.4, -0.2) is 44.8 Å². The molecule has 0 spiro atoms. The van der Waals surface area contributed by atoms with Crippen LogP contribution in [0.15, 0.2) is 6.20 Å². The van der Waals surface area contributed by atoms with Crippen molar-refractivity contribution in [3.8, 4) is 0 Å². The average Bonchev–Trinajstić information content (AvgIpc) is 2.90. The first kappa shape index (κ1) is 19.3. The lowest BCUT2D eigenvalue weighted by molar-refractivity contribution is -0.146. The fraction of sp³-hybridized carbons (Fsp3) is 0.688. The van der Waals surface area contributed by atoms with Crippen molar-refractivity contribution in [1.82, 2.24) is 14.7 Å². The highest BCUT2D eigenvalue weighted by Crippen LogP contribution is 2.36. The maximum Gasteiger partial charge on any atom is 0.433 e. The summed E-state index contributed by atoms with van der Waals surface area (Å²) in [6, 6.07) is 0. The molecule has 1 N–H and O–H groups in total. The Morgan fingerprint density at radius 2 is 1.88 bits per heavy atom. The summed E-state index contributed by atoms with van der Waals surface area (Å²) in [5.41, 5.74) is -2.51. The van der Waals surface area contributed by atoms with Crippen LogP contribution in [0.3, 0.4) is 0 Å². The fourth-order valence-electron chi connectivity index (χ4n) is 3.15. The van der Waals surface area contributed by atoms with E-state index in [0.717, 1.165) is 10.9 Å². The second-order valence-corrected chi connectivity index (χ2v) is 7.45. The van der Waals surface area contributed by atoms with E-state index in [-0.39, 0.29) is 25.4 Å². The topological polar surface area (TPSA) is 75.4 Å². The van der Waals surface area contributed by atoms with E-state index < -0.39 is 40.8 Å². The van der Waals surface area contributed by atoms with Gasteiger partial charge in [-0.3, -0.25) is 14.3 Å². The number of carboxylic acids is 1. The number of piperidine rings is 1. The third-order valence-electron chi connectivity index (χ3n) is 4.41. The van der Waals surface area contributed by atoms with Crippen molar-refractivity contribution in [3.63, 3.8) is 0 Å². The number of likely N-dealkylation sites (tertiary alicyclic amines) is 1. The molecule has 6 nitrogen and oxygen atoms in total. The highest BCUT2D eigenvalue weighted by molar-refractivity contribution is 5.95. The second-order valence-electron chi connectivity index (χ2n) is 7.45. The Morgan fingerprint density at radius 3 is 2.32 bits per heavy atom. The van der Waals surface area contributed by atoms with E-state index in [4.69, 9.17) is 5.11 Å². The van der Waals surface area contributed by atoms with Crippen molar-refractivity contribution < 1.29 is 27.9 Å². The van der Waals surface area contributed by atoms with Gasteiger partial charge in [-0.1, -0.05) is 6.92 Å². The predicted molar refractivity (Wildman–Crippen MR) is 83.0 cm³/mol. The first-order valence-electron chi connectivity index (χ1n) is 8.01. The van der Waals surface area contributed by atoms with E-state index in [0.29, 0.717) is 0 Å². The minimum absolute atomic E-state index is 0.105. The number of carbonyl (C=O) groups excluding carboxylic acids is 1. The molecule has 1 fully saturated rings. The molecular formula is C16H22F3N3O3. The van der Waals surface area contributed by atoms with Crippen molar-refractivity contribution in [2.45, 2.75) is 45.8 Å². The zero-order chi connectivity index (χ0) is 19.2. The molecule has 1 aromatic rings. The number of carbonyl (C=O) groups is 2. The van der Waals surface area contributed by atoms with Gasteiger partial charge in [0.05, 0.1) is 23.2 Å². The molecule has 1 amide bonds. The van der Waals surface area contributed by atoms with Crippen molar-refractivity contribution in [2.75, 3.05) is 13.1 Å². The molecule has 9 heteroatoms. The molecular weight excluding hydrogens is 339 g/mol. The van der Waals surface area contributed by atoms with E-state index in [1.54, 1.807) is 27.7 Å². The molecule has 0 aliphatic carbocycles. The highest BCUT2D eigenvalue weighted by atomic mass is 19.4. The normalized spacial score (nSPS) is 22.1. The van der Waals surface area contributed by atoms with E-state index in [1.807, 2.05) is 0 Å². The third-order valence-corrected chi connectivity index (χ3v) is 4.41. The number of rotatable bonds is 2. The molecule has 1 saturated heterocycles. The third kappa shape index (κ3) is 3.80. The van der Waals surface area contributed by atoms with Gasteiger partial charge in [-0.15, -0.1) is 0 Å². The Hall–Kier alpha value is -2.06. The maximum absolute atomic E-state index is 13.5. The summed E-state index contributed by atoms with van der Waals surface area (Å²) >= 11 is 0. The minimum Gasteiger partial charge on any atom is -0.481 e. The molecule has 2 heterocycles. The van der Waals surface area contributed by atoms with Crippen LogP contribution in [0.5, 0.6) is 0 Å².